The average Bonchev–Trinajstić information content (AvgIpc) is 3.21. The summed E-state index contributed by atoms with van der Waals surface area (Å²) in [5.74, 6) is 1.29. The van der Waals surface area contributed by atoms with Crippen LogP contribution in [0.15, 0.2) is 46.8 Å². The quantitative estimate of drug-likeness (QED) is 0.511. The van der Waals surface area contributed by atoms with E-state index in [1.807, 2.05) is 18.2 Å². The van der Waals surface area contributed by atoms with E-state index in [0.717, 1.165) is 17.1 Å². The normalized spacial score (nSPS) is 12.4. The number of halogens is 1. The molecule has 0 aliphatic carbocycles. The van der Waals surface area contributed by atoms with Crippen LogP contribution in [0, 0.1) is 5.82 Å². The maximum Gasteiger partial charge on any atom is 0.230 e. The van der Waals surface area contributed by atoms with Crippen LogP contribution < -0.4 is 20.1 Å². The predicted molar refractivity (Wildman–Crippen MR) is 114 cm³/mol. The monoisotopic (exact) mass is 446 g/mol. The number of amides is 1. The van der Waals surface area contributed by atoms with Crippen LogP contribution in [0.4, 0.5) is 15.2 Å². The largest absolute Gasteiger partial charge is 0.486 e. The highest BCUT2D eigenvalue weighted by Crippen LogP contribution is 2.31. The maximum absolute atomic E-state index is 13.7. The summed E-state index contributed by atoms with van der Waals surface area (Å²) in [6.45, 7) is 1.64. The van der Waals surface area contributed by atoms with E-state index in [1.54, 1.807) is 18.2 Å². The second-order valence-electron chi connectivity index (χ2n) is 6.34. The standard InChI is InChI=1S/C20H19FN4O3S2/c21-14-3-1-2-4-15(14)23-19-24-25-20(30-19)29-12-18(26)22-8-7-13-5-6-16-17(11-13)28-10-9-27-16/h1-6,11H,7-10,12H2,(H,22,26)(H,23,24). The van der Waals surface area contributed by atoms with Crippen molar-refractivity contribution in [3.05, 3.63) is 53.8 Å². The smallest absolute Gasteiger partial charge is 0.230 e. The fraction of sp³-hybridized carbons (Fsp3) is 0.250. The number of carbonyl (C=O) groups excluding carboxylic acids is 1. The van der Waals surface area contributed by atoms with Gasteiger partial charge in [-0.05, 0) is 36.2 Å². The lowest BCUT2D eigenvalue weighted by Crippen LogP contribution is -2.27. The number of fused-ring (bicyclic) bond motifs is 1. The number of aromatic nitrogens is 2. The Bertz CT molecular complexity index is 1030. The van der Waals surface area contributed by atoms with Gasteiger partial charge < -0.3 is 20.1 Å². The Morgan fingerprint density at radius 1 is 1.13 bits per heavy atom. The van der Waals surface area contributed by atoms with E-state index < -0.39 is 0 Å². The van der Waals surface area contributed by atoms with Gasteiger partial charge in [-0.15, -0.1) is 10.2 Å². The number of hydrogen-bond donors (Lipinski definition) is 2. The van der Waals surface area contributed by atoms with Crippen LogP contribution in [0.25, 0.3) is 0 Å². The molecule has 0 spiro atoms. The third-order valence-electron chi connectivity index (χ3n) is 4.19. The first-order chi connectivity index (χ1) is 14.7. The summed E-state index contributed by atoms with van der Waals surface area (Å²) in [6.07, 6.45) is 0.697. The number of benzene rings is 2. The van der Waals surface area contributed by atoms with Crippen molar-refractivity contribution in [1.29, 1.82) is 0 Å². The van der Waals surface area contributed by atoms with Crippen molar-refractivity contribution in [1.82, 2.24) is 15.5 Å². The number of rotatable bonds is 8. The van der Waals surface area contributed by atoms with Gasteiger partial charge in [0.25, 0.3) is 0 Å². The molecule has 2 N–H and O–H groups in total. The number of nitrogens with zero attached hydrogens (tertiary/aromatic N) is 2. The summed E-state index contributed by atoms with van der Waals surface area (Å²) in [6, 6.07) is 12.2. The fourth-order valence-corrected chi connectivity index (χ4v) is 4.36. The molecule has 0 fully saturated rings. The molecule has 30 heavy (non-hydrogen) atoms. The van der Waals surface area contributed by atoms with Gasteiger partial charge in [-0.25, -0.2) is 4.39 Å². The van der Waals surface area contributed by atoms with Crippen molar-refractivity contribution in [3.8, 4) is 11.5 Å². The van der Waals surface area contributed by atoms with Gasteiger partial charge >= 0.3 is 0 Å². The highest BCUT2D eigenvalue weighted by atomic mass is 32.2. The van der Waals surface area contributed by atoms with Gasteiger partial charge in [0, 0.05) is 6.54 Å². The minimum Gasteiger partial charge on any atom is -0.486 e. The molecule has 156 valence electrons. The van der Waals surface area contributed by atoms with Crippen molar-refractivity contribution in [3.63, 3.8) is 0 Å². The van der Waals surface area contributed by atoms with Crippen LogP contribution in [-0.4, -0.2) is 41.6 Å². The van der Waals surface area contributed by atoms with Crippen LogP contribution in [0.5, 0.6) is 11.5 Å². The Hall–Kier alpha value is -2.85. The zero-order chi connectivity index (χ0) is 20.8. The van der Waals surface area contributed by atoms with E-state index in [1.165, 1.54) is 29.2 Å². The molecule has 1 aliphatic heterocycles. The summed E-state index contributed by atoms with van der Waals surface area (Å²) < 4.78 is 25.4. The first kappa shape index (κ1) is 20.4. The first-order valence-corrected chi connectivity index (χ1v) is 11.1. The molecule has 0 saturated heterocycles. The van der Waals surface area contributed by atoms with Crippen molar-refractivity contribution in [2.24, 2.45) is 0 Å². The van der Waals surface area contributed by atoms with Crippen molar-refractivity contribution in [2.45, 2.75) is 10.8 Å². The van der Waals surface area contributed by atoms with Gasteiger partial charge in [-0.2, -0.15) is 0 Å². The number of anilines is 2. The third-order valence-corrected chi connectivity index (χ3v) is 6.16. The van der Waals surface area contributed by atoms with Crippen LogP contribution in [0.1, 0.15) is 5.56 Å². The van der Waals surface area contributed by atoms with E-state index in [0.29, 0.717) is 41.3 Å². The molecule has 0 bridgehead atoms. The highest BCUT2D eigenvalue weighted by molar-refractivity contribution is 8.01. The molecule has 3 aromatic rings. The molecule has 0 radical (unpaired) electrons. The van der Waals surface area contributed by atoms with Crippen molar-refractivity contribution >= 4 is 39.8 Å². The Kier molecular flexibility index (Phi) is 6.65. The zero-order valence-electron chi connectivity index (χ0n) is 15.9. The number of hydrogen-bond acceptors (Lipinski definition) is 8. The molecule has 4 rings (SSSR count). The zero-order valence-corrected chi connectivity index (χ0v) is 17.5. The number of carbonyl (C=O) groups is 1. The van der Waals surface area contributed by atoms with E-state index in [9.17, 15) is 9.18 Å². The number of para-hydroxylation sites is 1. The summed E-state index contributed by atoms with van der Waals surface area (Å²) in [5.41, 5.74) is 1.40. The number of thioether (sulfide) groups is 1. The van der Waals surface area contributed by atoms with Crippen LogP contribution in [-0.2, 0) is 11.2 Å². The number of ether oxygens (including phenoxy) is 2. The van der Waals surface area contributed by atoms with Crippen LogP contribution in [0.3, 0.4) is 0 Å². The minimum atomic E-state index is -0.362. The predicted octanol–water partition coefficient (Wildman–Crippen LogP) is 3.64. The summed E-state index contributed by atoms with van der Waals surface area (Å²) in [4.78, 5) is 12.1. The van der Waals surface area contributed by atoms with Gasteiger partial charge in [-0.1, -0.05) is 41.3 Å². The molecule has 0 unspecified atom stereocenters. The molecule has 0 atom stereocenters. The summed E-state index contributed by atoms with van der Waals surface area (Å²) in [5, 5.41) is 14.3. The van der Waals surface area contributed by atoms with Gasteiger partial charge in [0.2, 0.25) is 11.0 Å². The highest BCUT2D eigenvalue weighted by Gasteiger charge is 2.12. The topological polar surface area (TPSA) is 85.4 Å². The van der Waals surface area contributed by atoms with Crippen molar-refractivity contribution < 1.29 is 18.7 Å². The maximum atomic E-state index is 13.7. The molecule has 1 aromatic heterocycles. The van der Waals surface area contributed by atoms with Crippen LogP contribution in [0.2, 0.25) is 0 Å². The average molecular weight is 447 g/mol. The molecular formula is C20H19FN4O3S2. The number of nitrogens with one attached hydrogen (secondary N) is 2. The first-order valence-electron chi connectivity index (χ1n) is 9.30. The Morgan fingerprint density at radius 2 is 1.97 bits per heavy atom. The molecule has 10 heteroatoms. The molecular weight excluding hydrogens is 427 g/mol. The Morgan fingerprint density at radius 3 is 2.83 bits per heavy atom. The third kappa shape index (κ3) is 5.39. The van der Waals surface area contributed by atoms with Gasteiger partial charge in [0.1, 0.15) is 19.0 Å². The van der Waals surface area contributed by atoms with E-state index in [2.05, 4.69) is 20.8 Å². The summed E-state index contributed by atoms with van der Waals surface area (Å²) in [7, 11) is 0. The van der Waals surface area contributed by atoms with E-state index in [4.69, 9.17) is 9.47 Å². The van der Waals surface area contributed by atoms with Gasteiger partial charge in [0.05, 0.1) is 11.4 Å². The molecule has 0 saturated carbocycles. The minimum absolute atomic E-state index is 0.0867. The molecule has 7 nitrogen and oxygen atoms in total. The van der Waals surface area contributed by atoms with Crippen LogP contribution >= 0.6 is 23.1 Å². The van der Waals surface area contributed by atoms with Gasteiger partial charge in [0.15, 0.2) is 15.8 Å². The summed E-state index contributed by atoms with van der Waals surface area (Å²) >= 11 is 2.56. The second-order valence-corrected chi connectivity index (χ2v) is 8.54. The molecule has 1 amide bonds. The molecule has 2 heterocycles. The SMILES string of the molecule is O=C(CSc1nnc(Nc2ccccc2F)s1)NCCc1ccc2c(c1)OCCO2. The second kappa shape index (κ2) is 9.77. The Balaban J connectivity index is 1.20. The molecule has 1 aliphatic rings. The van der Waals surface area contributed by atoms with Gasteiger partial charge in [-0.3, -0.25) is 4.79 Å². The van der Waals surface area contributed by atoms with Crippen molar-refractivity contribution in [2.75, 3.05) is 30.8 Å². The lowest BCUT2D eigenvalue weighted by atomic mass is 10.1. The molecule has 2 aromatic carbocycles. The van der Waals surface area contributed by atoms with E-state index >= 15 is 0 Å². The lowest BCUT2D eigenvalue weighted by molar-refractivity contribution is -0.118. The fourth-order valence-electron chi connectivity index (χ4n) is 2.76. The Labute approximate surface area is 181 Å². The van der Waals surface area contributed by atoms with E-state index in [-0.39, 0.29) is 17.5 Å². The lowest BCUT2D eigenvalue weighted by Gasteiger charge is -2.18.